The summed E-state index contributed by atoms with van der Waals surface area (Å²) < 4.78 is 1.55. The minimum absolute atomic E-state index is 0.0782. The molecule has 1 saturated carbocycles. The van der Waals surface area contributed by atoms with Crippen LogP contribution in [-0.2, 0) is 20.9 Å². The highest BCUT2D eigenvalue weighted by molar-refractivity contribution is 6.07. The van der Waals surface area contributed by atoms with Gasteiger partial charge in [0.25, 0.3) is 0 Å². The lowest BCUT2D eigenvalue weighted by Crippen LogP contribution is -2.53. The van der Waals surface area contributed by atoms with Gasteiger partial charge in [-0.15, -0.1) is 0 Å². The number of aryl methyl sites for hydroxylation is 2. The number of benzene rings is 1. The third-order valence-corrected chi connectivity index (χ3v) is 8.31. The number of hydrogen-bond acceptors (Lipinski definition) is 7. The highest BCUT2D eigenvalue weighted by Crippen LogP contribution is 2.59. The summed E-state index contributed by atoms with van der Waals surface area (Å²) in [5.41, 5.74) is 3.22. The molecule has 0 unspecified atom stereocenters. The Bertz CT molecular complexity index is 1560. The number of aliphatic carboxylic acids is 1. The van der Waals surface area contributed by atoms with Crippen LogP contribution in [0.5, 0.6) is 0 Å². The second-order valence-electron chi connectivity index (χ2n) is 12.2. The molecule has 2 aromatic heterocycles. The number of hydrogen-bond donors (Lipinski definition) is 2. The zero-order chi connectivity index (χ0) is 29.8. The number of rotatable bonds is 9. The summed E-state index contributed by atoms with van der Waals surface area (Å²) in [6.07, 6.45) is 5.02. The molecule has 3 heterocycles. The molecule has 2 fully saturated rings. The van der Waals surface area contributed by atoms with Crippen LogP contribution < -0.4 is 5.32 Å². The Hall–Kier alpha value is -4.15. The Labute approximate surface area is 238 Å². The molecule has 2 aliphatic rings. The quantitative estimate of drug-likeness (QED) is 0.379. The number of carboxylic acids is 1. The first-order valence-corrected chi connectivity index (χ1v) is 13.9. The lowest BCUT2D eigenvalue weighted by Gasteiger charge is -2.28. The van der Waals surface area contributed by atoms with Gasteiger partial charge in [0.1, 0.15) is 30.1 Å². The van der Waals surface area contributed by atoms with Gasteiger partial charge in [-0.2, -0.15) is 5.10 Å². The summed E-state index contributed by atoms with van der Waals surface area (Å²) >= 11 is 0. The molecule has 1 aliphatic carbocycles. The van der Waals surface area contributed by atoms with E-state index < -0.39 is 24.0 Å². The van der Waals surface area contributed by atoms with E-state index in [4.69, 9.17) is 0 Å². The van der Waals surface area contributed by atoms with E-state index in [-0.39, 0.29) is 41.3 Å². The number of nitrogens with one attached hydrogen (secondary N) is 1. The van der Waals surface area contributed by atoms with E-state index in [1.165, 1.54) is 6.92 Å². The van der Waals surface area contributed by atoms with Crippen molar-refractivity contribution in [3.8, 4) is 11.1 Å². The number of nitrogens with zero attached hydrogens (tertiary/aromatic N) is 5. The molecule has 0 radical (unpaired) electrons. The van der Waals surface area contributed by atoms with Crippen molar-refractivity contribution in [2.75, 3.05) is 0 Å². The molecule has 1 saturated heterocycles. The first-order valence-electron chi connectivity index (χ1n) is 13.9. The standard InChI is InChI=1S/C30H36N6O5/c1-15(2)7-22(29(40)41)33-28(39)23-10-30(6)11-24(30)36(23)25(38)14-35-27-16(3)8-19(20-12-31-18(5)32-13-20)9-21(27)26(34-35)17(4)37/h8-9,12-13,15,22-24H,7,10-11,14H2,1-6H3,(H,33,39)(H,40,41)/t22-,23+,24-,30+/m1/s1. The Morgan fingerprint density at radius 2 is 1.78 bits per heavy atom. The molecule has 3 aromatic rings. The molecule has 1 aromatic carbocycles. The van der Waals surface area contributed by atoms with Gasteiger partial charge in [0, 0.05) is 36.3 Å². The summed E-state index contributed by atoms with van der Waals surface area (Å²) in [6.45, 7) is 10.8. The van der Waals surface area contributed by atoms with Gasteiger partial charge in [0.05, 0.1) is 5.52 Å². The average molecular weight is 561 g/mol. The molecule has 0 bridgehead atoms. The normalized spacial score (nSPS) is 22.1. The number of piperidine rings is 1. The molecule has 2 N–H and O–H groups in total. The fourth-order valence-electron chi connectivity index (χ4n) is 6.14. The minimum atomic E-state index is -1.09. The predicted molar refractivity (Wildman–Crippen MR) is 151 cm³/mol. The summed E-state index contributed by atoms with van der Waals surface area (Å²) in [6, 6.07) is 1.94. The number of carbonyl (C=O) groups excluding carboxylic acids is 3. The lowest BCUT2D eigenvalue weighted by atomic mass is 10.00. The highest BCUT2D eigenvalue weighted by atomic mass is 16.4. The van der Waals surface area contributed by atoms with E-state index in [2.05, 4.69) is 20.4 Å². The number of carbonyl (C=O) groups is 4. The van der Waals surface area contributed by atoms with Gasteiger partial charge in [0.15, 0.2) is 5.78 Å². The van der Waals surface area contributed by atoms with Crippen LogP contribution in [0.1, 0.15) is 68.8 Å². The number of likely N-dealkylation sites (tertiary alicyclic amines) is 1. The summed E-state index contributed by atoms with van der Waals surface area (Å²) in [4.78, 5) is 61.7. The SMILES string of the molecule is CC(=O)c1nn(CC(=O)N2[C@H](C(=O)N[C@H](CC(C)C)C(=O)O)C[C@@]3(C)C[C@@H]23)c2c(C)cc(-c3cnc(C)nc3)cc12. The zero-order valence-corrected chi connectivity index (χ0v) is 24.3. The van der Waals surface area contributed by atoms with Gasteiger partial charge in [0.2, 0.25) is 11.8 Å². The van der Waals surface area contributed by atoms with Crippen LogP contribution in [0.15, 0.2) is 24.5 Å². The number of fused-ring (bicyclic) bond motifs is 2. The molecule has 216 valence electrons. The van der Waals surface area contributed by atoms with E-state index in [9.17, 15) is 24.3 Å². The van der Waals surface area contributed by atoms with Crippen molar-refractivity contribution < 1.29 is 24.3 Å². The van der Waals surface area contributed by atoms with Crippen molar-refractivity contribution in [1.82, 2.24) is 30.0 Å². The van der Waals surface area contributed by atoms with Crippen LogP contribution in [0, 0.1) is 25.2 Å². The van der Waals surface area contributed by atoms with Gasteiger partial charge < -0.3 is 15.3 Å². The molecule has 11 nitrogen and oxygen atoms in total. The molecule has 11 heteroatoms. The molecular weight excluding hydrogens is 524 g/mol. The van der Waals surface area contributed by atoms with Gasteiger partial charge in [-0.25, -0.2) is 14.8 Å². The van der Waals surface area contributed by atoms with E-state index >= 15 is 0 Å². The van der Waals surface area contributed by atoms with Gasteiger partial charge in [-0.1, -0.05) is 20.8 Å². The van der Waals surface area contributed by atoms with Crippen LogP contribution in [0.3, 0.4) is 0 Å². The summed E-state index contributed by atoms with van der Waals surface area (Å²) in [5.74, 6) is -1.32. The number of aromatic nitrogens is 4. The largest absolute Gasteiger partial charge is 0.480 e. The second kappa shape index (κ2) is 10.4. The van der Waals surface area contributed by atoms with Crippen molar-refractivity contribution in [2.45, 2.75) is 85.5 Å². The maximum atomic E-state index is 13.8. The van der Waals surface area contributed by atoms with E-state index in [1.54, 1.807) is 22.0 Å². The van der Waals surface area contributed by atoms with Gasteiger partial charge >= 0.3 is 5.97 Å². The number of ketones is 1. The Kier molecular flexibility index (Phi) is 7.17. The Balaban J connectivity index is 1.45. The first-order chi connectivity index (χ1) is 19.3. The van der Waals surface area contributed by atoms with Crippen molar-refractivity contribution in [3.05, 3.63) is 41.6 Å². The topological polar surface area (TPSA) is 147 Å². The van der Waals surface area contributed by atoms with Crippen LogP contribution in [0.25, 0.3) is 22.0 Å². The third kappa shape index (κ3) is 5.32. The molecule has 1 aliphatic heterocycles. The average Bonchev–Trinajstić information content (AvgIpc) is 3.24. The summed E-state index contributed by atoms with van der Waals surface area (Å²) in [5, 5.41) is 17.5. The van der Waals surface area contributed by atoms with E-state index in [0.29, 0.717) is 29.6 Å². The van der Waals surface area contributed by atoms with E-state index in [1.807, 2.05) is 46.8 Å². The lowest BCUT2D eigenvalue weighted by molar-refractivity contribution is -0.145. The highest BCUT2D eigenvalue weighted by Gasteiger charge is 2.64. The third-order valence-electron chi connectivity index (χ3n) is 8.31. The monoisotopic (exact) mass is 560 g/mol. The first kappa shape index (κ1) is 28.4. The Morgan fingerprint density at radius 3 is 2.39 bits per heavy atom. The van der Waals surface area contributed by atoms with Crippen LogP contribution in [-0.4, -0.2) is 71.4 Å². The predicted octanol–water partition coefficient (Wildman–Crippen LogP) is 3.31. The fraction of sp³-hybridized carbons (Fsp3) is 0.500. The zero-order valence-electron chi connectivity index (χ0n) is 24.3. The molecule has 0 spiro atoms. The van der Waals surface area contributed by atoms with Gasteiger partial charge in [-0.05, 0) is 67.7 Å². The number of carboxylic acid groups (broad SMARTS) is 1. The second-order valence-corrected chi connectivity index (χ2v) is 12.2. The summed E-state index contributed by atoms with van der Waals surface area (Å²) in [7, 11) is 0. The molecular formula is C30H36N6O5. The number of amides is 2. The smallest absolute Gasteiger partial charge is 0.326 e. The van der Waals surface area contributed by atoms with Crippen molar-refractivity contribution in [2.24, 2.45) is 11.3 Å². The van der Waals surface area contributed by atoms with Crippen molar-refractivity contribution >= 4 is 34.5 Å². The fourth-order valence-corrected chi connectivity index (χ4v) is 6.14. The van der Waals surface area contributed by atoms with Crippen molar-refractivity contribution in [1.29, 1.82) is 0 Å². The number of Topliss-reactive ketones (excluding diaryl/α,β-unsaturated/α-hetero) is 1. The maximum Gasteiger partial charge on any atom is 0.326 e. The minimum Gasteiger partial charge on any atom is -0.480 e. The van der Waals surface area contributed by atoms with Gasteiger partial charge in [-0.3, -0.25) is 19.1 Å². The Morgan fingerprint density at radius 1 is 1.10 bits per heavy atom. The molecule has 2 amide bonds. The van der Waals surface area contributed by atoms with Crippen molar-refractivity contribution in [3.63, 3.8) is 0 Å². The molecule has 41 heavy (non-hydrogen) atoms. The van der Waals surface area contributed by atoms with E-state index in [0.717, 1.165) is 23.1 Å². The van der Waals surface area contributed by atoms with Crippen LogP contribution >= 0.6 is 0 Å². The molecule has 5 rings (SSSR count). The maximum absolute atomic E-state index is 13.8. The van der Waals surface area contributed by atoms with Crippen LogP contribution in [0.4, 0.5) is 0 Å². The van der Waals surface area contributed by atoms with Crippen LogP contribution in [0.2, 0.25) is 0 Å². The molecule has 4 atom stereocenters.